The SMILES string of the molecule is COc1cccc(C=Nc2cccc3cccnc23)c1[O-].COc1cccc(C=Nc2cccc3cccnc23)c1[O-].N#C[O-].[Cu+2].[Cu+2].[N-]=C=O. The zero-order valence-electron chi connectivity index (χ0n) is 26.3. The molecular formula is C36H26Cu2N6O6. The number of hydrogen-bond donors (Lipinski definition) is 0. The Morgan fingerprint density at radius 2 is 1.02 bits per heavy atom. The van der Waals surface area contributed by atoms with E-state index in [0.717, 1.165) is 33.2 Å². The topological polar surface area (TPSA) is 201 Å². The second-order valence-electron chi connectivity index (χ2n) is 9.16. The standard InChI is InChI=1S/2C17H14N2O2.CHNO.CNO.2Cu/c2*1-21-15-9-3-6-13(17(15)20)11-19-14-8-2-5-12-7-4-10-18-16(12)14;2*2-1-3;;/h2*2-11,20H,1H3;3H;;;/q;;;-1;2*+2/p-3. The van der Waals surface area contributed by atoms with Gasteiger partial charge in [0.1, 0.15) is 11.5 Å². The number of aliphatic imine (C=N–C) groups is 2. The van der Waals surface area contributed by atoms with Gasteiger partial charge < -0.3 is 30.2 Å². The Morgan fingerprint density at radius 1 is 0.680 bits per heavy atom. The van der Waals surface area contributed by atoms with Crippen LogP contribution < -0.4 is 24.8 Å². The molecule has 50 heavy (non-hydrogen) atoms. The van der Waals surface area contributed by atoms with Crippen LogP contribution in [0.3, 0.4) is 0 Å². The van der Waals surface area contributed by atoms with Gasteiger partial charge in [0.2, 0.25) is 0 Å². The molecule has 0 atom stereocenters. The summed E-state index contributed by atoms with van der Waals surface area (Å²) in [6.07, 6.45) is 7.56. The van der Waals surface area contributed by atoms with Gasteiger partial charge in [-0.1, -0.05) is 72.2 Å². The maximum absolute atomic E-state index is 12.1. The number of fused-ring (bicyclic) bond motifs is 2. The molecule has 2 radical (unpaired) electrons. The molecule has 258 valence electrons. The van der Waals surface area contributed by atoms with Gasteiger partial charge in [0, 0.05) is 41.9 Å². The summed E-state index contributed by atoms with van der Waals surface area (Å²) in [4.78, 5) is 25.7. The van der Waals surface area contributed by atoms with Gasteiger partial charge in [-0.25, -0.2) is 5.26 Å². The number of carbonyl (C=O) groups excluding carboxylic acids is 1. The van der Waals surface area contributed by atoms with E-state index < -0.39 is 0 Å². The molecule has 6 rings (SSSR count). The molecule has 0 saturated heterocycles. The van der Waals surface area contributed by atoms with E-state index in [9.17, 15) is 10.2 Å². The van der Waals surface area contributed by atoms with E-state index in [0.29, 0.717) is 35.0 Å². The fourth-order valence-electron chi connectivity index (χ4n) is 4.25. The van der Waals surface area contributed by atoms with Crippen molar-refractivity contribution in [3.8, 4) is 29.3 Å². The molecule has 2 heterocycles. The summed E-state index contributed by atoms with van der Waals surface area (Å²) in [5.41, 5.74) is 4.06. The first kappa shape index (κ1) is 42.0. The Kier molecular flexibility index (Phi) is 18.9. The fraction of sp³-hybridized carbons (Fsp3) is 0.0556. The van der Waals surface area contributed by atoms with E-state index in [1.165, 1.54) is 14.2 Å². The first-order valence-electron chi connectivity index (χ1n) is 13.9. The second kappa shape index (κ2) is 22.5. The van der Waals surface area contributed by atoms with Crippen molar-refractivity contribution in [2.24, 2.45) is 9.98 Å². The summed E-state index contributed by atoms with van der Waals surface area (Å²) < 4.78 is 10.0. The van der Waals surface area contributed by atoms with Gasteiger partial charge >= 0.3 is 34.1 Å². The molecule has 0 saturated carbocycles. The number of aromatic nitrogens is 2. The van der Waals surface area contributed by atoms with Crippen molar-refractivity contribution in [3.05, 3.63) is 126 Å². The van der Waals surface area contributed by atoms with Crippen molar-refractivity contribution in [1.29, 1.82) is 5.26 Å². The Morgan fingerprint density at radius 3 is 1.38 bits per heavy atom. The van der Waals surface area contributed by atoms with Crippen LogP contribution in [-0.2, 0) is 38.9 Å². The van der Waals surface area contributed by atoms with Gasteiger partial charge in [-0.2, -0.15) is 0 Å². The van der Waals surface area contributed by atoms with E-state index >= 15 is 0 Å². The third-order valence-corrected chi connectivity index (χ3v) is 6.37. The van der Waals surface area contributed by atoms with Crippen molar-refractivity contribution in [1.82, 2.24) is 9.97 Å². The molecule has 0 N–H and O–H groups in total. The Balaban J connectivity index is 0.000000418. The molecule has 0 bridgehead atoms. The number of pyridine rings is 2. The molecule has 0 aliphatic rings. The minimum absolute atomic E-state index is 0. The summed E-state index contributed by atoms with van der Waals surface area (Å²) >= 11 is 0. The van der Waals surface area contributed by atoms with Crippen molar-refractivity contribution in [3.63, 3.8) is 0 Å². The van der Waals surface area contributed by atoms with Crippen LogP contribution in [0.4, 0.5) is 11.4 Å². The van der Waals surface area contributed by atoms with Crippen LogP contribution in [-0.4, -0.2) is 42.7 Å². The quantitative estimate of drug-likeness (QED) is 0.0984. The summed E-state index contributed by atoms with van der Waals surface area (Å²) in [6, 6.07) is 29.5. The largest absolute Gasteiger partial charge is 2.00 e. The van der Waals surface area contributed by atoms with Crippen molar-refractivity contribution in [2.45, 2.75) is 0 Å². The molecule has 0 aliphatic carbocycles. The molecule has 4 aromatic carbocycles. The van der Waals surface area contributed by atoms with Crippen LogP contribution >= 0.6 is 0 Å². The fourth-order valence-corrected chi connectivity index (χ4v) is 4.25. The minimum atomic E-state index is -0.169. The number of nitrogens with zero attached hydrogens (tertiary/aromatic N) is 6. The van der Waals surface area contributed by atoms with E-state index in [4.69, 9.17) is 30.0 Å². The molecule has 0 aliphatic heterocycles. The maximum atomic E-state index is 12.1. The number of hydrogen-bond acceptors (Lipinski definition) is 11. The average molecular weight is 766 g/mol. The van der Waals surface area contributed by atoms with Crippen LogP contribution in [0.25, 0.3) is 27.2 Å². The first-order valence-corrected chi connectivity index (χ1v) is 13.9. The normalized spacial score (nSPS) is 9.62. The Hall–Kier alpha value is -6.05. The average Bonchev–Trinajstić information content (AvgIpc) is 3.12. The number of ether oxygens (including phenoxy) is 2. The summed E-state index contributed by atoms with van der Waals surface area (Å²) in [6.45, 7) is 0. The van der Waals surface area contributed by atoms with Crippen LogP contribution in [0.2, 0.25) is 0 Å². The Bertz CT molecular complexity index is 1970. The summed E-state index contributed by atoms with van der Waals surface area (Å²) in [5, 5.41) is 47.9. The number of rotatable bonds is 6. The molecule has 0 unspecified atom stereocenters. The zero-order valence-corrected chi connectivity index (χ0v) is 28.2. The second-order valence-corrected chi connectivity index (χ2v) is 9.16. The molecule has 14 heteroatoms. The smallest absolute Gasteiger partial charge is 0.870 e. The molecule has 0 fully saturated rings. The van der Waals surface area contributed by atoms with Crippen LogP contribution in [0.5, 0.6) is 23.0 Å². The van der Waals surface area contributed by atoms with Gasteiger partial charge in [0.15, 0.2) is 0 Å². The van der Waals surface area contributed by atoms with E-state index in [1.54, 1.807) is 61.2 Å². The van der Waals surface area contributed by atoms with Crippen LogP contribution in [0, 0.1) is 11.5 Å². The van der Waals surface area contributed by atoms with Gasteiger partial charge in [-0.3, -0.25) is 24.7 Å². The van der Waals surface area contributed by atoms with Gasteiger partial charge in [-0.05, 0) is 53.6 Å². The van der Waals surface area contributed by atoms with E-state index in [2.05, 4.69) is 20.0 Å². The van der Waals surface area contributed by atoms with Gasteiger partial charge in [-0.15, -0.1) is 0 Å². The number of benzene rings is 4. The van der Waals surface area contributed by atoms with E-state index in [-0.39, 0.29) is 45.6 Å². The van der Waals surface area contributed by atoms with Crippen molar-refractivity contribution in [2.75, 3.05) is 14.2 Å². The molecule has 0 spiro atoms. The third-order valence-electron chi connectivity index (χ3n) is 6.37. The maximum Gasteiger partial charge on any atom is 2.00 e. The molecule has 6 aromatic rings. The number of nitriles is 1. The molecule has 2 aromatic heterocycles. The number of isocyanates is 1. The summed E-state index contributed by atoms with van der Waals surface area (Å²) in [7, 11) is 2.96. The Labute approximate surface area is 308 Å². The van der Waals surface area contributed by atoms with Gasteiger partial charge in [0.05, 0.1) is 36.6 Å². The van der Waals surface area contributed by atoms with E-state index in [1.807, 2.05) is 60.7 Å². The van der Waals surface area contributed by atoms with Crippen LogP contribution in [0.1, 0.15) is 11.1 Å². The molecule has 12 nitrogen and oxygen atoms in total. The van der Waals surface area contributed by atoms with Crippen molar-refractivity contribution >= 4 is 51.7 Å². The van der Waals surface area contributed by atoms with Crippen molar-refractivity contribution < 1.29 is 63.7 Å². The summed E-state index contributed by atoms with van der Waals surface area (Å²) in [5.74, 6) is 0.291. The van der Waals surface area contributed by atoms with Crippen LogP contribution in [0.15, 0.2) is 119 Å². The number of methoxy groups -OCH3 is 2. The number of para-hydroxylation sites is 4. The predicted molar refractivity (Wildman–Crippen MR) is 178 cm³/mol. The molecular weight excluding hydrogens is 740 g/mol. The predicted octanol–water partition coefficient (Wildman–Crippen LogP) is 4.85. The zero-order chi connectivity index (χ0) is 34.7. The van der Waals surface area contributed by atoms with Gasteiger partial charge in [0.25, 0.3) is 0 Å². The third kappa shape index (κ3) is 11.6. The monoisotopic (exact) mass is 764 g/mol. The first-order chi connectivity index (χ1) is 23.4. The molecule has 0 amide bonds. The minimum Gasteiger partial charge on any atom is -0.870 e.